The highest BCUT2D eigenvalue weighted by Gasteiger charge is 2.43. The molecule has 1 amide bonds. The Morgan fingerprint density at radius 2 is 2.21 bits per heavy atom. The predicted molar refractivity (Wildman–Crippen MR) is 75.9 cm³/mol. The van der Waals surface area contributed by atoms with Crippen LogP contribution in [0.5, 0.6) is 0 Å². The van der Waals surface area contributed by atoms with Crippen LogP contribution >= 0.6 is 15.9 Å². The third kappa shape index (κ3) is 2.67. The summed E-state index contributed by atoms with van der Waals surface area (Å²) in [5.74, 6) is 0.664. The summed E-state index contributed by atoms with van der Waals surface area (Å²) in [6.07, 6.45) is 6.81. The van der Waals surface area contributed by atoms with E-state index in [1.54, 1.807) is 12.4 Å². The highest BCUT2D eigenvalue weighted by Crippen LogP contribution is 2.42. The zero-order valence-corrected chi connectivity index (χ0v) is 12.4. The number of aryl methyl sites for hydroxylation is 1. The lowest BCUT2D eigenvalue weighted by molar-refractivity contribution is -0.121. The van der Waals surface area contributed by atoms with E-state index in [2.05, 4.69) is 26.2 Å². The number of ether oxygens (including phenoxy) is 1. The van der Waals surface area contributed by atoms with Crippen LogP contribution in [0.15, 0.2) is 16.9 Å². The van der Waals surface area contributed by atoms with Crippen molar-refractivity contribution in [1.82, 2.24) is 4.98 Å². The van der Waals surface area contributed by atoms with Gasteiger partial charge in [-0.2, -0.15) is 0 Å². The van der Waals surface area contributed by atoms with Gasteiger partial charge in [0, 0.05) is 19.0 Å². The summed E-state index contributed by atoms with van der Waals surface area (Å²) in [4.78, 5) is 16.5. The van der Waals surface area contributed by atoms with Crippen molar-refractivity contribution in [3.05, 3.63) is 22.4 Å². The number of carbonyl (C=O) groups excluding carboxylic acids is 1. The summed E-state index contributed by atoms with van der Waals surface area (Å²) in [6.45, 7) is 2.65. The first kappa shape index (κ1) is 13.1. The minimum atomic E-state index is -0.00744. The minimum absolute atomic E-state index is 0.00744. The SMILES string of the molecule is Cc1cncc(Br)c1NC(=O)[C@@H]1CCO[C@H]1C1CC1. The van der Waals surface area contributed by atoms with Gasteiger partial charge in [-0.3, -0.25) is 9.78 Å². The van der Waals surface area contributed by atoms with Gasteiger partial charge in [-0.15, -0.1) is 0 Å². The molecule has 1 N–H and O–H groups in total. The van der Waals surface area contributed by atoms with Crippen LogP contribution in [0.3, 0.4) is 0 Å². The molecule has 0 spiro atoms. The van der Waals surface area contributed by atoms with Crippen molar-refractivity contribution >= 4 is 27.5 Å². The van der Waals surface area contributed by atoms with Gasteiger partial charge in [0.1, 0.15) is 0 Å². The molecule has 5 heteroatoms. The van der Waals surface area contributed by atoms with Crippen molar-refractivity contribution < 1.29 is 9.53 Å². The van der Waals surface area contributed by atoms with Gasteiger partial charge in [0.2, 0.25) is 5.91 Å². The second-order valence-electron chi connectivity index (χ2n) is 5.37. The highest BCUT2D eigenvalue weighted by molar-refractivity contribution is 9.10. The maximum Gasteiger partial charge on any atom is 0.230 e. The molecule has 0 bridgehead atoms. The Bertz CT molecular complexity index is 482. The van der Waals surface area contributed by atoms with Crippen LogP contribution in [0.1, 0.15) is 24.8 Å². The quantitative estimate of drug-likeness (QED) is 0.930. The van der Waals surface area contributed by atoms with Crippen LogP contribution < -0.4 is 5.32 Å². The second-order valence-corrected chi connectivity index (χ2v) is 6.22. The lowest BCUT2D eigenvalue weighted by Crippen LogP contribution is -2.31. The number of carbonyl (C=O) groups is 1. The molecule has 1 saturated carbocycles. The zero-order chi connectivity index (χ0) is 13.4. The van der Waals surface area contributed by atoms with Gasteiger partial charge in [-0.25, -0.2) is 0 Å². The largest absolute Gasteiger partial charge is 0.377 e. The fraction of sp³-hybridized carbons (Fsp3) is 0.571. The maximum absolute atomic E-state index is 12.4. The first-order valence-corrected chi connectivity index (χ1v) is 7.48. The number of pyridine rings is 1. The molecule has 2 atom stereocenters. The first-order chi connectivity index (χ1) is 9.16. The van der Waals surface area contributed by atoms with Crippen molar-refractivity contribution in [2.75, 3.05) is 11.9 Å². The minimum Gasteiger partial charge on any atom is -0.377 e. The number of amides is 1. The number of nitrogens with one attached hydrogen (secondary N) is 1. The van der Waals surface area contributed by atoms with Crippen LogP contribution in [-0.2, 0) is 9.53 Å². The molecular formula is C14H17BrN2O2. The Kier molecular flexibility index (Phi) is 3.58. The fourth-order valence-electron chi connectivity index (χ4n) is 2.69. The number of rotatable bonds is 3. The van der Waals surface area contributed by atoms with Crippen molar-refractivity contribution in [2.24, 2.45) is 11.8 Å². The van der Waals surface area contributed by atoms with E-state index in [-0.39, 0.29) is 17.9 Å². The van der Waals surface area contributed by atoms with Crippen LogP contribution in [0.25, 0.3) is 0 Å². The molecule has 0 aromatic carbocycles. The molecular weight excluding hydrogens is 308 g/mol. The molecule has 3 rings (SSSR count). The molecule has 4 nitrogen and oxygen atoms in total. The van der Waals surface area contributed by atoms with E-state index in [1.807, 2.05) is 6.92 Å². The van der Waals surface area contributed by atoms with E-state index in [1.165, 1.54) is 12.8 Å². The Hall–Kier alpha value is -0.940. The van der Waals surface area contributed by atoms with E-state index in [0.717, 1.165) is 22.1 Å². The van der Waals surface area contributed by atoms with Crippen molar-refractivity contribution in [2.45, 2.75) is 32.3 Å². The second kappa shape index (κ2) is 5.21. The van der Waals surface area contributed by atoms with E-state index in [4.69, 9.17) is 4.74 Å². The number of nitrogens with zero attached hydrogens (tertiary/aromatic N) is 1. The first-order valence-electron chi connectivity index (χ1n) is 6.69. The highest BCUT2D eigenvalue weighted by atomic mass is 79.9. The van der Waals surface area contributed by atoms with Gasteiger partial charge in [-0.1, -0.05) is 0 Å². The smallest absolute Gasteiger partial charge is 0.230 e. The maximum atomic E-state index is 12.4. The average molecular weight is 325 g/mol. The van der Waals surface area contributed by atoms with E-state index < -0.39 is 0 Å². The van der Waals surface area contributed by atoms with Gasteiger partial charge in [0.25, 0.3) is 0 Å². The average Bonchev–Trinajstić information content (AvgIpc) is 3.11. The molecule has 2 heterocycles. The molecule has 0 radical (unpaired) electrons. The van der Waals surface area contributed by atoms with Gasteiger partial charge >= 0.3 is 0 Å². The van der Waals surface area contributed by atoms with Gasteiger partial charge in [0.05, 0.1) is 22.2 Å². The van der Waals surface area contributed by atoms with Crippen molar-refractivity contribution in [1.29, 1.82) is 0 Å². The third-order valence-electron chi connectivity index (χ3n) is 3.90. The number of hydrogen-bond donors (Lipinski definition) is 1. The monoisotopic (exact) mass is 324 g/mol. The Morgan fingerprint density at radius 1 is 1.42 bits per heavy atom. The topological polar surface area (TPSA) is 51.2 Å². The van der Waals surface area contributed by atoms with Crippen LogP contribution in [0.4, 0.5) is 5.69 Å². The lowest BCUT2D eigenvalue weighted by Gasteiger charge is -2.18. The molecule has 1 aromatic rings. The normalized spacial score (nSPS) is 26.4. The Balaban J connectivity index is 1.74. The molecule has 19 heavy (non-hydrogen) atoms. The summed E-state index contributed by atoms with van der Waals surface area (Å²) >= 11 is 3.43. The van der Waals surface area contributed by atoms with E-state index in [0.29, 0.717) is 12.5 Å². The van der Waals surface area contributed by atoms with Crippen molar-refractivity contribution in [3.63, 3.8) is 0 Å². The lowest BCUT2D eigenvalue weighted by atomic mass is 9.97. The molecule has 102 valence electrons. The molecule has 1 aliphatic carbocycles. The van der Waals surface area contributed by atoms with E-state index >= 15 is 0 Å². The molecule has 1 aliphatic heterocycles. The summed E-state index contributed by atoms with van der Waals surface area (Å²) in [5.41, 5.74) is 1.78. The van der Waals surface area contributed by atoms with Gasteiger partial charge in [0.15, 0.2) is 0 Å². The summed E-state index contributed by atoms with van der Waals surface area (Å²) in [7, 11) is 0. The molecule has 2 aliphatic rings. The Labute approximate surface area is 121 Å². The van der Waals surface area contributed by atoms with Gasteiger partial charge < -0.3 is 10.1 Å². The number of aromatic nitrogens is 1. The molecule has 1 saturated heterocycles. The van der Waals surface area contributed by atoms with Crippen LogP contribution in [0.2, 0.25) is 0 Å². The molecule has 1 aromatic heterocycles. The third-order valence-corrected chi connectivity index (χ3v) is 4.50. The fourth-order valence-corrected chi connectivity index (χ4v) is 3.22. The van der Waals surface area contributed by atoms with Gasteiger partial charge in [-0.05, 0) is 53.6 Å². The number of anilines is 1. The summed E-state index contributed by atoms with van der Waals surface area (Å²) < 4.78 is 6.55. The summed E-state index contributed by atoms with van der Waals surface area (Å²) in [6, 6.07) is 0. The predicted octanol–water partition coefficient (Wildman–Crippen LogP) is 2.91. The molecule has 2 fully saturated rings. The summed E-state index contributed by atoms with van der Waals surface area (Å²) in [5, 5.41) is 3.03. The number of hydrogen-bond acceptors (Lipinski definition) is 3. The molecule has 0 unspecified atom stereocenters. The zero-order valence-electron chi connectivity index (χ0n) is 10.9. The standard InChI is InChI=1S/C14H17BrN2O2/c1-8-6-16-7-11(15)12(8)17-14(18)10-4-5-19-13(10)9-2-3-9/h6-7,9-10,13H,2-5H2,1H3,(H,16,17,18)/t10-,13+/m1/s1. The van der Waals surface area contributed by atoms with Crippen molar-refractivity contribution in [3.8, 4) is 0 Å². The van der Waals surface area contributed by atoms with Crippen LogP contribution in [-0.4, -0.2) is 23.6 Å². The number of halogens is 1. The van der Waals surface area contributed by atoms with E-state index in [9.17, 15) is 4.79 Å². The van der Waals surface area contributed by atoms with Crippen LogP contribution in [0, 0.1) is 18.8 Å². The Morgan fingerprint density at radius 3 is 2.89 bits per heavy atom.